The minimum Gasteiger partial charge on any atom is -0.495 e. The predicted octanol–water partition coefficient (Wildman–Crippen LogP) is 0.724. The smallest absolute Gasteiger partial charge is 0.137 e. The van der Waals surface area contributed by atoms with Crippen molar-refractivity contribution < 1.29 is 4.74 Å². The largest absolute Gasteiger partial charge is 0.495 e. The number of hydrogen-bond donors (Lipinski definition) is 1. The van der Waals surface area contributed by atoms with E-state index in [9.17, 15) is 0 Å². The number of aromatic nitrogens is 1. The van der Waals surface area contributed by atoms with Crippen molar-refractivity contribution in [3.8, 4) is 5.75 Å². The molecule has 2 N–H and O–H groups in total. The van der Waals surface area contributed by atoms with Gasteiger partial charge < -0.3 is 10.5 Å². The molecule has 1 aromatic heterocycles. The standard InChI is InChI=1S/C7H8N2OS/c1-10-5-2-3-6(7(8)11)9-4-5/h2-4H,1H3,(H2,8,11). The molecule has 0 atom stereocenters. The Morgan fingerprint density at radius 1 is 1.64 bits per heavy atom. The van der Waals surface area contributed by atoms with Crippen LogP contribution in [0.25, 0.3) is 0 Å². The number of thiocarbonyl (C=S) groups is 1. The minimum absolute atomic E-state index is 0.299. The molecular formula is C7H8N2OS. The van der Waals surface area contributed by atoms with Crippen LogP contribution in [0, 0.1) is 0 Å². The summed E-state index contributed by atoms with van der Waals surface area (Å²) >= 11 is 4.72. The van der Waals surface area contributed by atoms with Gasteiger partial charge in [0.05, 0.1) is 19.0 Å². The monoisotopic (exact) mass is 168 g/mol. The molecular weight excluding hydrogens is 160 g/mol. The lowest BCUT2D eigenvalue weighted by atomic mass is 10.3. The molecule has 0 fully saturated rings. The first kappa shape index (κ1) is 7.94. The maximum absolute atomic E-state index is 5.33. The maximum atomic E-state index is 5.33. The predicted molar refractivity (Wildman–Crippen MR) is 46.7 cm³/mol. The molecule has 0 aliphatic carbocycles. The van der Waals surface area contributed by atoms with E-state index in [4.69, 9.17) is 22.7 Å². The number of hydrogen-bond acceptors (Lipinski definition) is 3. The van der Waals surface area contributed by atoms with Crippen LogP contribution in [0.15, 0.2) is 18.3 Å². The summed E-state index contributed by atoms with van der Waals surface area (Å²) in [5, 5.41) is 0. The Kier molecular flexibility index (Phi) is 2.38. The van der Waals surface area contributed by atoms with Crippen molar-refractivity contribution in [1.82, 2.24) is 4.98 Å². The van der Waals surface area contributed by atoms with Gasteiger partial charge in [-0.1, -0.05) is 12.2 Å². The Morgan fingerprint density at radius 3 is 2.73 bits per heavy atom. The fourth-order valence-electron chi connectivity index (χ4n) is 0.647. The van der Waals surface area contributed by atoms with E-state index in [1.165, 1.54) is 0 Å². The Morgan fingerprint density at radius 2 is 2.36 bits per heavy atom. The fourth-order valence-corrected chi connectivity index (χ4v) is 0.768. The summed E-state index contributed by atoms with van der Waals surface area (Å²) in [7, 11) is 1.58. The number of methoxy groups -OCH3 is 1. The van der Waals surface area contributed by atoms with Crippen LogP contribution < -0.4 is 10.5 Å². The van der Waals surface area contributed by atoms with Crippen molar-refractivity contribution in [2.45, 2.75) is 0 Å². The fraction of sp³-hybridized carbons (Fsp3) is 0.143. The van der Waals surface area contributed by atoms with E-state index in [0.29, 0.717) is 16.4 Å². The lowest BCUT2D eigenvalue weighted by molar-refractivity contribution is 0.413. The van der Waals surface area contributed by atoms with Crippen LogP contribution in [0.4, 0.5) is 0 Å². The molecule has 0 aliphatic rings. The van der Waals surface area contributed by atoms with E-state index < -0.39 is 0 Å². The van der Waals surface area contributed by atoms with Crippen LogP contribution in [0.3, 0.4) is 0 Å². The molecule has 0 bridgehead atoms. The molecule has 0 aromatic carbocycles. The highest BCUT2D eigenvalue weighted by Gasteiger charge is 1.96. The summed E-state index contributed by atoms with van der Waals surface area (Å²) < 4.78 is 4.90. The van der Waals surface area contributed by atoms with Gasteiger partial charge in [0.1, 0.15) is 10.7 Å². The quantitative estimate of drug-likeness (QED) is 0.661. The number of nitrogens with two attached hydrogens (primary N) is 1. The molecule has 1 rings (SSSR count). The average Bonchev–Trinajstić information content (AvgIpc) is 2.05. The molecule has 1 heterocycles. The Hall–Kier alpha value is -1.16. The molecule has 0 spiro atoms. The Labute approximate surface area is 70.2 Å². The van der Waals surface area contributed by atoms with Gasteiger partial charge >= 0.3 is 0 Å². The number of nitrogens with zero attached hydrogens (tertiary/aromatic N) is 1. The molecule has 1 aromatic rings. The topological polar surface area (TPSA) is 48.1 Å². The molecule has 0 radical (unpaired) electrons. The van der Waals surface area contributed by atoms with Crippen molar-refractivity contribution in [3.05, 3.63) is 24.0 Å². The summed E-state index contributed by atoms with van der Waals surface area (Å²) in [4.78, 5) is 4.26. The molecule has 0 saturated heterocycles. The first-order valence-corrected chi connectivity index (χ1v) is 3.44. The van der Waals surface area contributed by atoms with E-state index in [-0.39, 0.29) is 0 Å². The SMILES string of the molecule is COc1ccc(C(N)=S)nc1. The third-order valence-corrected chi connectivity index (χ3v) is 1.43. The van der Waals surface area contributed by atoms with Gasteiger partial charge in [0.2, 0.25) is 0 Å². The van der Waals surface area contributed by atoms with Crippen molar-refractivity contribution in [2.24, 2.45) is 5.73 Å². The van der Waals surface area contributed by atoms with Crippen LogP contribution >= 0.6 is 12.2 Å². The average molecular weight is 168 g/mol. The van der Waals surface area contributed by atoms with Gasteiger partial charge in [0.25, 0.3) is 0 Å². The number of ether oxygens (including phenoxy) is 1. The summed E-state index contributed by atoms with van der Waals surface area (Å²) in [6.45, 7) is 0. The molecule has 0 saturated carbocycles. The lowest BCUT2D eigenvalue weighted by Crippen LogP contribution is -2.10. The summed E-state index contributed by atoms with van der Waals surface area (Å²) in [5.74, 6) is 0.699. The second-order valence-electron chi connectivity index (χ2n) is 1.95. The normalized spacial score (nSPS) is 9.18. The zero-order chi connectivity index (χ0) is 8.27. The van der Waals surface area contributed by atoms with Crippen LogP contribution in [-0.4, -0.2) is 17.1 Å². The summed E-state index contributed by atoms with van der Waals surface area (Å²) in [6.07, 6.45) is 1.58. The van der Waals surface area contributed by atoms with Gasteiger partial charge in [-0.05, 0) is 12.1 Å². The van der Waals surface area contributed by atoms with Gasteiger partial charge in [-0.2, -0.15) is 0 Å². The van der Waals surface area contributed by atoms with E-state index in [2.05, 4.69) is 4.98 Å². The highest BCUT2D eigenvalue weighted by atomic mass is 32.1. The summed E-state index contributed by atoms with van der Waals surface area (Å²) in [6, 6.07) is 3.49. The molecule has 0 aliphatic heterocycles. The molecule has 0 amide bonds. The van der Waals surface area contributed by atoms with Gasteiger partial charge in [0.15, 0.2) is 0 Å². The third kappa shape index (κ3) is 1.88. The zero-order valence-electron chi connectivity index (χ0n) is 6.07. The molecule has 58 valence electrons. The van der Waals surface area contributed by atoms with E-state index in [1.54, 1.807) is 25.4 Å². The van der Waals surface area contributed by atoms with Crippen LogP contribution in [0.2, 0.25) is 0 Å². The number of rotatable bonds is 2. The summed E-state index contributed by atoms with van der Waals surface area (Å²) in [5.41, 5.74) is 5.95. The van der Waals surface area contributed by atoms with Gasteiger partial charge in [-0.15, -0.1) is 0 Å². The maximum Gasteiger partial charge on any atom is 0.137 e. The minimum atomic E-state index is 0.299. The van der Waals surface area contributed by atoms with Crippen molar-refractivity contribution in [1.29, 1.82) is 0 Å². The zero-order valence-corrected chi connectivity index (χ0v) is 6.89. The van der Waals surface area contributed by atoms with Crippen LogP contribution in [0.1, 0.15) is 5.69 Å². The van der Waals surface area contributed by atoms with Crippen LogP contribution in [0.5, 0.6) is 5.75 Å². The lowest BCUT2D eigenvalue weighted by Gasteiger charge is -1.99. The first-order valence-electron chi connectivity index (χ1n) is 3.04. The molecule has 0 unspecified atom stereocenters. The number of pyridine rings is 1. The molecule has 3 nitrogen and oxygen atoms in total. The van der Waals surface area contributed by atoms with E-state index in [0.717, 1.165) is 0 Å². The highest BCUT2D eigenvalue weighted by Crippen LogP contribution is 2.07. The third-order valence-electron chi connectivity index (χ3n) is 1.22. The first-order chi connectivity index (χ1) is 5.24. The van der Waals surface area contributed by atoms with E-state index in [1.807, 2.05) is 0 Å². The van der Waals surface area contributed by atoms with Gasteiger partial charge in [-0.3, -0.25) is 0 Å². The Bertz CT molecular complexity index is 258. The second-order valence-corrected chi connectivity index (χ2v) is 2.39. The molecule has 11 heavy (non-hydrogen) atoms. The van der Waals surface area contributed by atoms with Gasteiger partial charge in [0, 0.05) is 0 Å². The second kappa shape index (κ2) is 3.30. The Balaban J connectivity index is 2.91. The molecule has 4 heteroatoms. The van der Waals surface area contributed by atoms with Crippen molar-refractivity contribution >= 4 is 17.2 Å². The van der Waals surface area contributed by atoms with Crippen molar-refractivity contribution in [3.63, 3.8) is 0 Å². The van der Waals surface area contributed by atoms with Crippen LogP contribution in [-0.2, 0) is 0 Å². The van der Waals surface area contributed by atoms with E-state index >= 15 is 0 Å². The van der Waals surface area contributed by atoms with Gasteiger partial charge in [-0.25, -0.2) is 4.98 Å². The highest BCUT2D eigenvalue weighted by molar-refractivity contribution is 7.80. The van der Waals surface area contributed by atoms with Crippen molar-refractivity contribution in [2.75, 3.05) is 7.11 Å².